The van der Waals surface area contributed by atoms with E-state index in [1.54, 1.807) is 43.0 Å². The molecule has 172 valence electrons. The van der Waals surface area contributed by atoms with Gasteiger partial charge in [-0.3, -0.25) is 4.79 Å². The molecule has 0 radical (unpaired) electrons. The Labute approximate surface area is 188 Å². The van der Waals surface area contributed by atoms with Crippen molar-refractivity contribution in [3.63, 3.8) is 0 Å². The quantitative estimate of drug-likeness (QED) is 0.590. The zero-order valence-corrected chi connectivity index (χ0v) is 19.6. The number of amides is 1. The van der Waals surface area contributed by atoms with E-state index >= 15 is 0 Å². The van der Waals surface area contributed by atoms with Crippen molar-refractivity contribution < 1.29 is 27.5 Å². The Bertz CT molecular complexity index is 1130. The van der Waals surface area contributed by atoms with Crippen molar-refractivity contribution >= 4 is 27.6 Å². The van der Waals surface area contributed by atoms with Crippen molar-refractivity contribution in [1.29, 1.82) is 0 Å². The van der Waals surface area contributed by atoms with Gasteiger partial charge in [-0.05, 0) is 48.7 Å². The van der Waals surface area contributed by atoms with Crippen LogP contribution in [0.1, 0.15) is 46.5 Å². The van der Waals surface area contributed by atoms with E-state index in [-0.39, 0.29) is 22.1 Å². The zero-order valence-electron chi connectivity index (χ0n) is 18.8. The summed E-state index contributed by atoms with van der Waals surface area (Å²) in [5.41, 5.74) is 2.05. The topological polar surface area (TPSA) is 93.2 Å². The first kappa shape index (κ1) is 23.7. The third-order valence-electron chi connectivity index (χ3n) is 5.63. The number of methoxy groups -OCH3 is 2. The number of anilines is 1. The minimum absolute atomic E-state index is 0.0462. The van der Waals surface area contributed by atoms with Crippen molar-refractivity contribution in [1.82, 2.24) is 4.31 Å². The Morgan fingerprint density at radius 1 is 1.09 bits per heavy atom. The van der Waals surface area contributed by atoms with Crippen LogP contribution in [0.2, 0.25) is 0 Å². The summed E-state index contributed by atoms with van der Waals surface area (Å²) in [4.78, 5) is 27.2. The predicted molar refractivity (Wildman–Crippen MR) is 121 cm³/mol. The molecule has 32 heavy (non-hydrogen) atoms. The van der Waals surface area contributed by atoms with Crippen LogP contribution in [0.15, 0.2) is 41.3 Å². The van der Waals surface area contributed by atoms with Gasteiger partial charge in [-0.25, -0.2) is 13.2 Å². The Hall–Kier alpha value is -2.91. The van der Waals surface area contributed by atoms with Gasteiger partial charge in [0.15, 0.2) is 0 Å². The van der Waals surface area contributed by atoms with Gasteiger partial charge in [-0.2, -0.15) is 4.31 Å². The number of nitrogens with zero attached hydrogens (tertiary/aromatic N) is 2. The summed E-state index contributed by atoms with van der Waals surface area (Å²) < 4.78 is 37.8. The number of hydrogen-bond donors (Lipinski definition) is 0. The van der Waals surface area contributed by atoms with Crippen LogP contribution in [0.3, 0.4) is 0 Å². The summed E-state index contributed by atoms with van der Waals surface area (Å²) in [6, 6.07) is 9.60. The van der Waals surface area contributed by atoms with Crippen molar-refractivity contribution in [3.05, 3.63) is 53.1 Å². The van der Waals surface area contributed by atoms with E-state index in [9.17, 15) is 18.0 Å². The van der Waals surface area contributed by atoms with Gasteiger partial charge in [-0.15, -0.1) is 0 Å². The molecule has 9 heteroatoms. The van der Waals surface area contributed by atoms with E-state index in [0.717, 1.165) is 5.56 Å². The van der Waals surface area contributed by atoms with E-state index in [0.29, 0.717) is 43.7 Å². The first-order valence-electron chi connectivity index (χ1n) is 10.5. The first-order valence-corrected chi connectivity index (χ1v) is 11.9. The summed E-state index contributed by atoms with van der Waals surface area (Å²) >= 11 is 0. The van der Waals surface area contributed by atoms with Crippen LogP contribution in [-0.2, 0) is 21.2 Å². The van der Waals surface area contributed by atoms with Crippen LogP contribution in [0.25, 0.3) is 0 Å². The van der Waals surface area contributed by atoms with Gasteiger partial charge in [0, 0.05) is 30.9 Å². The number of carbonyl (C=O) groups excluding carboxylic acids is 2. The molecule has 0 atom stereocenters. The van der Waals surface area contributed by atoms with Crippen LogP contribution in [0.5, 0.6) is 5.75 Å². The molecule has 0 unspecified atom stereocenters. The molecule has 2 aromatic carbocycles. The minimum Gasteiger partial charge on any atom is -0.495 e. The summed E-state index contributed by atoms with van der Waals surface area (Å²) in [7, 11) is -1.12. The number of sulfonamides is 1. The lowest BCUT2D eigenvalue weighted by Gasteiger charge is -2.31. The average molecular weight is 461 g/mol. The summed E-state index contributed by atoms with van der Waals surface area (Å²) in [6.07, 6.45) is 1.32. The maximum Gasteiger partial charge on any atom is 0.338 e. The van der Waals surface area contributed by atoms with Crippen molar-refractivity contribution in [2.24, 2.45) is 0 Å². The van der Waals surface area contributed by atoms with Crippen molar-refractivity contribution in [2.45, 2.75) is 31.6 Å². The molecule has 0 N–H and O–H groups in total. The Morgan fingerprint density at radius 2 is 1.81 bits per heavy atom. The summed E-state index contributed by atoms with van der Waals surface area (Å²) in [6.45, 7) is 4.57. The van der Waals surface area contributed by atoms with E-state index in [2.05, 4.69) is 0 Å². The number of carbonyl (C=O) groups is 2. The van der Waals surface area contributed by atoms with E-state index < -0.39 is 16.0 Å². The molecule has 2 aromatic rings. The highest BCUT2D eigenvalue weighted by atomic mass is 32.2. The maximum absolute atomic E-state index is 13.5. The average Bonchev–Trinajstić information content (AvgIpc) is 2.82. The fraction of sp³-hybridized carbons (Fsp3) is 0.391. The normalized spacial score (nSPS) is 13.6. The van der Waals surface area contributed by atoms with Gasteiger partial charge in [-0.1, -0.05) is 19.9 Å². The van der Waals surface area contributed by atoms with Crippen LogP contribution in [0.4, 0.5) is 5.69 Å². The molecule has 8 nitrogen and oxygen atoms in total. The highest BCUT2D eigenvalue weighted by Gasteiger charge is 2.30. The molecule has 0 saturated carbocycles. The molecule has 0 bridgehead atoms. The molecule has 0 fully saturated rings. The van der Waals surface area contributed by atoms with E-state index in [1.807, 2.05) is 0 Å². The van der Waals surface area contributed by atoms with Crippen molar-refractivity contribution in [3.8, 4) is 5.75 Å². The summed E-state index contributed by atoms with van der Waals surface area (Å²) in [5.74, 6) is -0.611. The number of benzene rings is 2. The molecule has 0 aliphatic carbocycles. The number of rotatable bonds is 7. The van der Waals surface area contributed by atoms with E-state index in [1.165, 1.54) is 30.7 Å². The number of hydrogen-bond acceptors (Lipinski definition) is 6. The second-order valence-corrected chi connectivity index (χ2v) is 9.22. The third kappa shape index (κ3) is 4.22. The molecule has 3 rings (SSSR count). The third-order valence-corrected chi connectivity index (χ3v) is 7.71. The lowest BCUT2D eigenvalue weighted by molar-refractivity contribution is 0.0599. The largest absolute Gasteiger partial charge is 0.495 e. The number of fused-ring (bicyclic) bond motifs is 1. The number of esters is 1. The SMILES string of the molecule is CCN(CC)S(=O)(=O)c1cc(C(=O)N2CCCc3c(C(=O)OC)cccc32)ccc1OC. The predicted octanol–water partition coefficient (Wildman–Crippen LogP) is 3.11. The lowest BCUT2D eigenvalue weighted by atomic mass is 9.95. The standard InChI is InChI=1S/C23H28N2O6S/c1-5-24(6-2)32(28,29)21-15-16(12-13-20(21)30-3)22(26)25-14-8-10-17-18(23(27)31-4)9-7-11-19(17)25/h7,9,11-13,15H,5-6,8,10,14H2,1-4H3. The maximum atomic E-state index is 13.5. The van der Waals surface area contributed by atoms with E-state index in [4.69, 9.17) is 9.47 Å². The molecule has 0 spiro atoms. The Balaban J connectivity index is 2.06. The van der Waals surface area contributed by atoms with Crippen LogP contribution >= 0.6 is 0 Å². The monoisotopic (exact) mass is 460 g/mol. The summed E-state index contributed by atoms with van der Waals surface area (Å²) in [5, 5.41) is 0. The lowest BCUT2D eigenvalue weighted by Crippen LogP contribution is -2.36. The first-order chi connectivity index (χ1) is 15.3. The molecule has 0 saturated heterocycles. The molecular weight excluding hydrogens is 432 g/mol. The van der Waals surface area contributed by atoms with Crippen LogP contribution in [0, 0.1) is 0 Å². The van der Waals surface area contributed by atoms with Gasteiger partial charge >= 0.3 is 5.97 Å². The molecular formula is C23H28N2O6S. The fourth-order valence-electron chi connectivity index (χ4n) is 4.01. The Kier molecular flexibility index (Phi) is 7.20. The van der Waals surface area contributed by atoms with Gasteiger partial charge in [0.25, 0.3) is 5.91 Å². The second-order valence-electron chi connectivity index (χ2n) is 7.31. The molecule has 1 amide bonds. The minimum atomic E-state index is -3.84. The van der Waals surface area contributed by atoms with Gasteiger partial charge < -0.3 is 14.4 Å². The number of ether oxygens (including phenoxy) is 2. The molecule has 0 aromatic heterocycles. The van der Waals surface area contributed by atoms with Crippen LogP contribution < -0.4 is 9.64 Å². The smallest absolute Gasteiger partial charge is 0.338 e. The second kappa shape index (κ2) is 9.70. The molecule has 1 heterocycles. The highest BCUT2D eigenvalue weighted by molar-refractivity contribution is 7.89. The van der Waals surface area contributed by atoms with Gasteiger partial charge in [0.05, 0.1) is 19.8 Å². The molecule has 1 aliphatic rings. The van der Waals surface area contributed by atoms with Crippen LogP contribution in [-0.4, -0.2) is 58.5 Å². The highest BCUT2D eigenvalue weighted by Crippen LogP contribution is 2.33. The van der Waals surface area contributed by atoms with Crippen molar-refractivity contribution in [2.75, 3.05) is 38.8 Å². The fourth-order valence-corrected chi connectivity index (χ4v) is 5.65. The van der Waals surface area contributed by atoms with Gasteiger partial charge in [0.2, 0.25) is 10.0 Å². The zero-order chi connectivity index (χ0) is 23.5. The Morgan fingerprint density at radius 3 is 2.44 bits per heavy atom. The molecule has 1 aliphatic heterocycles. The van der Waals surface area contributed by atoms with Gasteiger partial charge in [0.1, 0.15) is 10.6 Å².